The maximum absolute atomic E-state index is 12.7. The predicted molar refractivity (Wildman–Crippen MR) is 95.5 cm³/mol. The van der Waals surface area contributed by atoms with Crippen molar-refractivity contribution in [1.82, 2.24) is 10.2 Å². The number of nitrogens with zero attached hydrogens (tertiary/aromatic N) is 1. The number of hydrogen-bond acceptors (Lipinski definition) is 3. The molecule has 3 aliphatic heterocycles. The van der Waals surface area contributed by atoms with E-state index in [1.165, 1.54) is 25.9 Å². The highest BCUT2D eigenvalue weighted by Crippen LogP contribution is 2.28. The molecule has 24 heavy (non-hydrogen) atoms. The molecule has 2 aromatic rings. The van der Waals surface area contributed by atoms with E-state index in [1.807, 2.05) is 36.4 Å². The number of piperidine rings is 1. The average molecular weight is 324 g/mol. The SMILES string of the molecule is COc1cccc2cc(C(=O)N[C@@H]3CC4CCN(CC4)C3)ccc12. The molecule has 1 atom stereocenters. The van der Waals surface area contributed by atoms with Crippen molar-refractivity contribution in [3.63, 3.8) is 0 Å². The summed E-state index contributed by atoms with van der Waals surface area (Å²) in [5, 5.41) is 5.33. The van der Waals surface area contributed by atoms with Crippen LogP contribution in [0.15, 0.2) is 36.4 Å². The van der Waals surface area contributed by atoms with Crippen LogP contribution in [-0.4, -0.2) is 43.6 Å². The number of fused-ring (bicyclic) bond motifs is 5. The Morgan fingerprint density at radius 3 is 2.83 bits per heavy atom. The minimum Gasteiger partial charge on any atom is -0.496 e. The summed E-state index contributed by atoms with van der Waals surface area (Å²) < 4.78 is 5.39. The van der Waals surface area contributed by atoms with Gasteiger partial charge in [-0.1, -0.05) is 12.1 Å². The first-order chi connectivity index (χ1) is 11.7. The number of amides is 1. The molecule has 4 heteroatoms. The van der Waals surface area contributed by atoms with Gasteiger partial charge in [0.1, 0.15) is 5.75 Å². The molecule has 1 amide bonds. The molecule has 3 fully saturated rings. The van der Waals surface area contributed by atoms with Crippen LogP contribution in [0.25, 0.3) is 10.8 Å². The lowest BCUT2D eigenvalue weighted by Crippen LogP contribution is -2.41. The lowest BCUT2D eigenvalue weighted by Gasteiger charge is -2.26. The minimum atomic E-state index is 0.0345. The summed E-state index contributed by atoms with van der Waals surface area (Å²) in [5.41, 5.74) is 0.724. The van der Waals surface area contributed by atoms with Gasteiger partial charge in [-0.3, -0.25) is 4.79 Å². The summed E-state index contributed by atoms with van der Waals surface area (Å²) in [5.74, 6) is 1.65. The Kier molecular flexibility index (Phi) is 4.15. The van der Waals surface area contributed by atoms with Gasteiger partial charge >= 0.3 is 0 Å². The van der Waals surface area contributed by atoms with Crippen LogP contribution in [0, 0.1) is 5.92 Å². The Labute approximate surface area is 142 Å². The third kappa shape index (κ3) is 2.98. The highest BCUT2D eigenvalue weighted by molar-refractivity contribution is 6.00. The molecule has 3 aliphatic rings. The molecule has 0 saturated carbocycles. The first-order valence-electron chi connectivity index (χ1n) is 8.83. The largest absolute Gasteiger partial charge is 0.496 e. The fourth-order valence-electron chi connectivity index (χ4n) is 4.14. The quantitative estimate of drug-likeness (QED) is 0.943. The summed E-state index contributed by atoms with van der Waals surface area (Å²) in [6.45, 7) is 3.36. The summed E-state index contributed by atoms with van der Waals surface area (Å²) in [6, 6.07) is 12.0. The van der Waals surface area contributed by atoms with Crippen molar-refractivity contribution in [1.29, 1.82) is 0 Å². The van der Waals surface area contributed by atoms with Crippen LogP contribution in [0.2, 0.25) is 0 Å². The molecular weight excluding hydrogens is 300 g/mol. The predicted octanol–water partition coefficient (Wildman–Crippen LogP) is 3.06. The van der Waals surface area contributed by atoms with Crippen molar-refractivity contribution in [3.05, 3.63) is 42.0 Å². The molecule has 4 nitrogen and oxygen atoms in total. The monoisotopic (exact) mass is 324 g/mol. The molecule has 2 aromatic carbocycles. The van der Waals surface area contributed by atoms with Crippen molar-refractivity contribution >= 4 is 16.7 Å². The molecule has 0 aliphatic carbocycles. The second-order valence-electron chi connectivity index (χ2n) is 7.05. The number of carbonyl (C=O) groups is 1. The number of carbonyl (C=O) groups excluding carboxylic acids is 1. The van der Waals surface area contributed by atoms with E-state index in [0.717, 1.165) is 41.0 Å². The van der Waals surface area contributed by atoms with Crippen molar-refractivity contribution in [3.8, 4) is 5.75 Å². The summed E-state index contributed by atoms with van der Waals surface area (Å²) >= 11 is 0. The van der Waals surface area contributed by atoms with E-state index in [-0.39, 0.29) is 11.9 Å². The topological polar surface area (TPSA) is 41.6 Å². The number of hydrogen-bond donors (Lipinski definition) is 1. The Balaban J connectivity index is 1.53. The average Bonchev–Trinajstić information content (AvgIpc) is 2.93. The molecule has 3 heterocycles. The van der Waals surface area contributed by atoms with Crippen LogP contribution in [0.3, 0.4) is 0 Å². The van der Waals surface area contributed by atoms with E-state index >= 15 is 0 Å². The second-order valence-corrected chi connectivity index (χ2v) is 7.05. The molecule has 126 valence electrons. The van der Waals surface area contributed by atoms with Crippen LogP contribution < -0.4 is 10.1 Å². The number of methoxy groups -OCH3 is 1. The molecule has 0 aromatic heterocycles. The Morgan fingerprint density at radius 2 is 2.04 bits per heavy atom. The molecule has 2 bridgehead atoms. The van der Waals surface area contributed by atoms with Gasteiger partial charge in [0.15, 0.2) is 0 Å². The van der Waals surface area contributed by atoms with Crippen LogP contribution in [0.1, 0.15) is 29.6 Å². The molecule has 0 spiro atoms. The fraction of sp³-hybridized carbons (Fsp3) is 0.450. The van der Waals surface area contributed by atoms with Gasteiger partial charge in [-0.2, -0.15) is 0 Å². The van der Waals surface area contributed by atoms with Crippen LogP contribution in [0.5, 0.6) is 5.75 Å². The van der Waals surface area contributed by atoms with Gasteiger partial charge in [-0.05, 0) is 67.9 Å². The number of nitrogens with one attached hydrogen (secondary N) is 1. The van der Waals surface area contributed by atoms with Gasteiger partial charge in [-0.15, -0.1) is 0 Å². The second kappa shape index (κ2) is 6.44. The molecular formula is C20H24N2O2. The first-order valence-corrected chi connectivity index (χ1v) is 8.83. The standard InChI is InChI=1S/C20H24N2O2/c1-24-19-4-2-3-15-12-16(5-6-18(15)19)20(23)21-17-11-14-7-9-22(13-17)10-8-14/h2-6,12,14,17H,7-11,13H2,1H3,(H,21,23)/t17-/m1/s1. The van der Waals surface area contributed by atoms with Gasteiger partial charge < -0.3 is 15.0 Å². The first kappa shape index (κ1) is 15.5. The molecule has 3 saturated heterocycles. The lowest BCUT2D eigenvalue weighted by atomic mass is 9.94. The van der Waals surface area contributed by atoms with E-state index < -0.39 is 0 Å². The molecule has 5 rings (SSSR count). The Morgan fingerprint density at radius 1 is 1.21 bits per heavy atom. The number of benzene rings is 2. The third-order valence-corrected chi connectivity index (χ3v) is 5.46. The fourth-order valence-corrected chi connectivity index (χ4v) is 4.14. The van der Waals surface area contributed by atoms with Crippen LogP contribution in [0.4, 0.5) is 0 Å². The maximum atomic E-state index is 12.7. The normalized spacial score (nSPS) is 26.1. The summed E-state index contributed by atoms with van der Waals surface area (Å²) in [6.07, 6.45) is 3.67. The van der Waals surface area contributed by atoms with Gasteiger partial charge in [-0.25, -0.2) is 0 Å². The van der Waals surface area contributed by atoms with Gasteiger partial charge in [0.2, 0.25) is 0 Å². The van der Waals surface area contributed by atoms with Gasteiger partial charge in [0.25, 0.3) is 5.91 Å². The molecule has 0 unspecified atom stereocenters. The smallest absolute Gasteiger partial charge is 0.251 e. The zero-order valence-electron chi connectivity index (χ0n) is 14.1. The van der Waals surface area contributed by atoms with Gasteiger partial charge in [0, 0.05) is 23.5 Å². The van der Waals surface area contributed by atoms with E-state index in [4.69, 9.17) is 4.74 Å². The Bertz CT molecular complexity index is 736. The third-order valence-electron chi connectivity index (χ3n) is 5.46. The highest BCUT2D eigenvalue weighted by atomic mass is 16.5. The molecule has 0 radical (unpaired) electrons. The molecule has 1 N–H and O–H groups in total. The highest BCUT2D eigenvalue weighted by Gasteiger charge is 2.29. The van der Waals surface area contributed by atoms with Gasteiger partial charge in [0.05, 0.1) is 7.11 Å². The summed E-state index contributed by atoms with van der Waals surface area (Å²) in [4.78, 5) is 15.2. The van der Waals surface area contributed by atoms with Crippen molar-refractivity contribution in [2.45, 2.75) is 25.3 Å². The minimum absolute atomic E-state index is 0.0345. The van der Waals surface area contributed by atoms with Crippen molar-refractivity contribution < 1.29 is 9.53 Å². The zero-order valence-corrected chi connectivity index (χ0v) is 14.1. The number of rotatable bonds is 3. The number of ether oxygens (including phenoxy) is 1. The van der Waals surface area contributed by atoms with E-state index in [1.54, 1.807) is 7.11 Å². The maximum Gasteiger partial charge on any atom is 0.251 e. The van der Waals surface area contributed by atoms with Crippen molar-refractivity contribution in [2.75, 3.05) is 26.7 Å². The Hall–Kier alpha value is -2.07. The van der Waals surface area contributed by atoms with Crippen LogP contribution in [-0.2, 0) is 0 Å². The van der Waals surface area contributed by atoms with Crippen LogP contribution >= 0.6 is 0 Å². The summed E-state index contributed by atoms with van der Waals surface area (Å²) in [7, 11) is 1.67. The van der Waals surface area contributed by atoms with Crippen molar-refractivity contribution in [2.24, 2.45) is 5.92 Å². The van der Waals surface area contributed by atoms with E-state index in [0.29, 0.717) is 0 Å². The lowest BCUT2D eigenvalue weighted by molar-refractivity contribution is 0.0929. The van der Waals surface area contributed by atoms with E-state index in [9.17, 15) is 4.79 Å². The zero-order chi connectivity index (χ0) is 16.5. The van der Waals surface area contributed by atoms with E-state index in [2.05, 4.69) is 10.2 Å².